The molecule has 0 aliphatic carbocycles. The molecule has 0 spiro atoms. The van der Waals surface area contributed by atoms with Gasteiger partial charge in [0.1, 0.15) is 0 Å². The summed E-state index contributed by atoms with van der Waals surface area (Å²) in [6.07, 6.45) is 0. The summed E-state index contributed by atoms with van der Waals surface area (Å²) in [6.45, 7) is 2.93. The number of rotatable bonds is 6. The summed E-state index contributed by atoms with van der Waals surface area (Å²) in [5, 5.41) is 0. The Balaban J connectivity index is 0.000000433. The fraction of sp³-hybridized carbons (Fsp3) is 1.00. The predicted octanol–water partition coefficient (Wildman–Crippen LogP) is 4.57. The molecule has 0 saturated heterocycles. The van der Waals surface area contributed by atoms with Crippen molar-refractivity contribution in [3.8, 4) is 0 Å². The zero-order chi connectivity index (χ0) is 18.3. The zero-order valence-corrected chi connectivity index (χ0v) is 15.9. The van der Waals surface area contributed by atoms with Crippen LogP contribution in [-0.2, 0) is 22.5 Å². The van der Waals surface area contributed by atoms with Crippen molar-refractivity contribution in [1.82, 2.24) is 13.1 Å². The fourth-order valence-electron chi connectivity index (χ4n) is 0.785. The van der Waals surface area contributed by atoms with Crippen molar-refractivity contribution in [2.24, 2.45) is 0 Å². The standard InChI is InChI=1S/C4H12O7P2.F4N3P3/c1-3-9-13(8,10-4-2)11-12(5,6)7;1-6-8-5-9(3)7(2)10(6)4/h3-4H2,1-2H3,(H2,5,6,7);. The monoisotopic (exact) mass is 445 g/mol. The Bertz CT molecular complexity index is 581. The first-order valence-corrected chi connectivity index (χ1v) is 11.4. The molecule has 23 heavy (non-hydrogen) atoms. The number of phosphoric ester groups is 1. The molecular weight excluding hydrogens is 433 g/mol. The van der Waals surface area contributed by atoms with Crippen molar-refractivity contribution in [3.05, 3.63) is 0 Å². The molecule has 0 aliphatic heterocycles. The zero-order valence-electron chi connectivity index (χ0n) is 11.4. The van der Waals surface area contributed by atoms with Gasteiger partial charge in [-0.2, -0.15) is 4.31 Å². The first kappa shape index (κ1) is 23.3. The molecule has 10 nitrogen and oxygen atoms in total. The van der Waals surface area contributed by atoms with Gasteiger partial charge in [-0.1, -0.05) is 17.6 Å². The minimum Gasteiger partial charge on any atom is -0.302 e. The highest BCUT2D eigenvalue weighted by Crippen LogP contribution is 2.60. The van der Waals surface area contributed by atoms with Gasteiger partial charge in [0.25, 0.3) is 16.3 Å². The van der Waals surface area contributed by atoms with E-state index in [1.807, 2.05) is 0 Å². The first-order chi connectivity index (χ1) is 10.5. The van der Waals surface area contributed by atoms with Crippen molar-refractivity contribution < 1.29 is 49.6 Å². The van der Waals surface area contributed by atoms with E-state index in [9.17, 15) is 26.5 Å². The highest BCUT2D eigenvalue weighted by molar-refractivity contribution is 7.61. The molecule has 0 saturated carbocycles. The number of hydrogen-bond acceptors (Lipinski definition) is 6. The van der Waals surface area contributed by atoms with E-state index in [-0.39, 0.29) is 13.2 Å². The van der Waals surface area contributed by atoms with E-state index in [0.29, 0.717) is 0 Å². The molecule has 0 radical (unpaired) electrons. The number of phosphoric acid groups is 2. The van der Waals surface area contributed by atoms with Gasteiger partial charge in [-0.05, 0) is 13.8 Å². The molecule has 138 valence electrons. The molecule has 0 amide bonds. The van der Waals surface area contributed by atoms with Crippen LogP contribution in [0, 0.1) is 0 Å². The SMILES string of the molecule is CCOP(=O)(OCC)OP(=O)(O)O.Fn1pnp(F)n(F)p1F. The molecule has 0 bridgehead atoms. The number of hydrogen-bond donors (Lipinski definition) is 2. The van der Waals surface area contributed by atoms with Crippen molar-refractivity contribution in [3.63, 3.8) is 0 Å². The van der Waals surface area contributed by atoms with Gasteiger partial charge in [-0.15, -0.1) is 12.9 Å². The lowest BCUT2D eigenvalue weighted by molar-refractivity contribution is 0.149. The lowest BCUT2D eigenvalue weighted by Gasteiger charge is -2.15. The average Bonchev–Trinajstić information content (AvgIpc) is 2.40. The van der Waals surface area contributed by atoms with E-state index in [1.165, 1.54) is 13.8 Å². The maximum Gasteiger partial charge on any atom is 0.483 e. The molecule has 0 aliphatic rings. The van der Waals surface area contributed by atoms with Crippen LogP contribution in [-0.4, -0.2) is 36.1 Å². The summed E-state index contributed by atoms with van der Waals surface area (Å²) in [6, 6.07) is 0. The van der Waals surface area contributed by atoms with E-state index in [2.05, 4.69) is 17.9 Å². The second kappa shape index (κ2) is 10.3. The second-order valence-corrected chi connectivity index (χ2v) is 9.93. The average molecular weight is 445 g/mol. The summed E-state index contributed by atoms with van der Waals surface area (Å²) >= 11 is 0. The van der Waals surface area contributed by atoms with Crippen molar-refractivity contribution in [2.45, 2.75) is 13.8 Å². The van der Waals surface area contributed by atoms with Crippen LogP contribution in [0.4, 0.5) is 17.4 Å². The Morgan fingerprint density at radius 2 is 1.65 bits per heavy atom. The molecule has 2 atom stereocenters. The normalized spacial score (nSPS) is 13.7. The van der Waals surface area contributed by atoms with Gasteiger partial charge in [0.2, 0.25) is 0 Å². The van der Waals surface area contributed by atoms with Gasteiger partial charge in [0, 0.05) is 0 Å². The predicted molar refractivity (Wildman–Crippen MR) is 75.8 cm³/mol. The van der Waals surface area contributed by atoms with E-state index < -0.39 is 49.1 Å². The van der Waals surface area contributed by atoms with Crippen LogP contribution in [0.2, 0.25) is 0 Å². The Hall–Kier alpha value is 0.280. The highest BCUT2D eigenvalue weighted by atomic mass is 31.3. The van der Waals surface area contributed by atoms with Gasteiger partial charge >= 0.3 is 15.6 Å². The van der Waals surface area contributed by atoms with Crippen LogP contribution >= 0.6 is 40.5 Å². The molecule has 19 heteroatoms. The maximum atomic E-state index is 12.1. The minimum absolute atomic E-state index is 0.0305. The van der Waals surface area contributed by atoms with Crippen molar-refractivity contribution in [2.75, 3.05) is 13.2 Å². The highest BCUT2D eigenvalue weighted by Gasteiger charge is 2.34. The molecular formula is C4H12F4N3O7P5. The molecule has 0 aromatic carbocycles. The summed E-state index contributed by atoms with van der Waals surface area (Å²) in [4.78, 5) is 16.7. The smallest absolute Gasteiger partial charge is 0.302 e. The second-order valence-electron chi connectivity index (χ2n) is 3.00. The summed E-state index contributed by atoms with van der Waals surface area (Å²) in [5.74, 6) is 0. The Morgan fingerprint density at radius 1 is 1.17 bits per heavy atom. The molecule has 1 aromatic rings. The summed E-state index contributed by atoms with van der Waals surface area (Å²) < 4.78 is 83.9. The Kier molecular flexibility index (Phi) is 10.4. The Morgan fingerprint density at radius 3 is 2.00 bits per heavy atom. The van der Waals surface area contributed by atoms with Gasteiger partial charge in [-0.3, -0.25) is 9.05 Å². The van der Waals surface area contributed by atoms with Crippen LogP contribution in [0.25, 0.3) is 0 Å². The minimum atomic E-state index is -4.86. The van der Waals surface area contributed by atoms with Crippen LogP contribution in [0.5, 0.6) is 0 Å². The lowest BCUT2D eigenvalue weighted by Crippen LogP contribution is -1.98. The van der Waals surface area contributed by atoms with Gasteiger partial charge in [-0.25, -0.2) is 9.13 Å². The number of halogens is 4. The van der Waals surface area contributed by atoms with Crippen LogP contribution in [0.15, 0.2) is 0 Å². The van der Waals surface area contributed by atoms with E-state index >= 15 is 0 Å². The number of nitrogens with zero attached hydrogens (tertiary/aromatic N) is 3. The van der Waals surface area contributed by atoms with Crippen LogP contribution < -0.4 is 0 Å². The summed E-state index contributed by atoms with van der Waals surface area (Å²) in [5.41, 5.74) is 0. The molecule has 1 aromatic heterocycles. The van der Waals surface area contributed by atoms with Gasteiger partial charge < -0.3 is 9.79 Å². The number of aromatic nitrogens is 3. The lowest BCUT2D eigenvalue weighted by atomic mass is 10.9. The first-order valence-electron chi connectivity index (χ1n) is 5.36. The maximum absolute atomic E-state index is 12.1. The van der Waals surface area contributed by atoms with Gasteiger partial charge in [0.05, 0.1) is 13.2 Å². The third-order valence-electron chi connectivity index (χ3n) is 1.38. The van der Waals surface area contributed by atoms with E-state index in [0.717, 1.165) is 0 Å². The van der Waals surface area contributed by atoms with Crippen molar-refractivity contribution >= 4 is 40.5 Å². The summed E-state index contributed by atoms with van der Waals surface area (Å²) in [7, 11) is -15.7. The van der Waals surface area contributed by atoms with Gasteiger partial charge in [0.15, 0.2) is 8.51 Å². The third-order valence-corrected chi connectivity index (χ3v) is 7.62. The molecule has 2 N–H and O–H groups in total. The molecule has 1 rings (SSSR count). The Labute approximate surface area is 131 Å². The van der Waals surface area contributed by atoms with E-state index in [4.69, 9.17) is 9.79 Å². The molecule has 1 heterocycles. The van der Waals surface area contributed by atoms with Crippen molar-refractivity contribution in [1.29, 1.82) is 0 Å². The third kappa shape index (κ3) is 9.37. The largest absolute Gasteiger partial charge is 0.483 e. The van der Waals surface area contributed by atoms with Crippen LogP contribution in [0.3, 0.4) is 0 Å². The topological polar surface area (TPSA) is 125 Å². The molecule has 2 unspecified atom stereocenters. The molecule has 0 fully saturated rings. The van der Waals surface area contributed by atoms with Crippen LogP contribution in [0.1, 0.15) is 13.8 Å². The fourth-order valence-corrected chi connectivity index (χ4v) is 5.83. The quantitative estimate of drug-likeness (QED) is 0.482. The van der Waals surface area contributed by atoms with E-state index in [1.54, 1.807) is 0 Å².